The summed E-state index contributed by atoms with van der Waals surface area (Å²) in [4.78, 5) is 24.8. The molecule has 0 aliphatic carbocycles. The molecule has 1 N–H and O–H groups in total. The second-order valence-electron chi connectivity index (χ2n) is 10.6. The number of carbonyl (C=O) groups excluding carboxylic acids is 1. The molecule has 5 rings (SSSR count). The van der Waals surface area contributed by atoms with Crippen LogP contribution in [0.2, 0.25) is 0 Å². The van der Waals surface area contributed by atoms with Crippen molar-refractivity contribution in [2.75, 3.05) is 33.7 Å². The van der Waals surface area contributed by atoms with E-state index in [-0.39, 0.29) is 5.91 Å². The van der Waals surface area contributed by atoms with Gasteiger partial charge in [-0.25, -0.2) is 0 Å². The average Bonchev–Trinajstić information content (AvgIpc) is 3.23. The van der Waals surface area contributed by atoms with Gasteiger partial charge in [0.2, 0.25) is 5.91 Å². The molecule has 1 aliphatic rings. The SMILES string of the molecule is Cc1cc(-c2[nH]c3ccc(C4CCN(C(=O)CN(C)C)CC4)cc3c2C(C)C)cc2cccnc12. The summed E-state index contributed by atoms with van der Waals surface area (Å²) in [5.41, 5.74) is 8.66. The summed E-state index contributed by atoms with van der Waals surface area (Å²) in [6.07, 6.45) is 3.91. The van der Waals surface area contributed by atoms with Gasteiger partial charge in [0.25, 0.3) is 0 Å². The summed E-state index contributed by atoms with van der Waals surface area (Å²) < 4.78 is 0. The summed E-state index contributed by atoms with van der Waals surface area (Å²) in [6, 6.07) is 15.6. The number of nitrogens with zero attached hydrogens (tertiary/aromatic N) is 3. The predicted molar refractivity (Wildman–Crippen MR) is 145 cm³/mol. The highest BCUT2D eigenvalue weighted by Crippen LogP contribution is 2.39. The van der Waals surface area contributed by atoms with E-state index in [2.05, 4.69) is 67.1 Å². The van der Waals surface area contributed by atoms with Crippen molar-refractivity contribution in [2.45, 2.75) is 45.4 Å². The van der Waals surface area contributed by atoms with Gasteiger partial charge in [0, 0.05) is 41.3 Å². The normalized spacial score (nSPS) is 15.1. The first-order chi connectivity index (χ1) is 16.8. The molecule has 35 heavy (non-hydrogen) atoms. The number of nitrogens with one attached hydrogen (secondary N) is 1. The topological polar surface area (TPSA) is 52.2 Å². The molecule has 5 heteroatoms. The Kier molecular flexibility index (Phi) is 6.37. The molecule has 0 radical (unpaired) electrons. The molecule has 1 fully saturated rings. The molecule has 2 aromatic carbocycles. The Labute approximate surface area is 208 Å². The van der Waals surface area contributed by atoms with Gasteiger partial charge in [0.05, 0.1) is 12.1 Å². The van der Waals surface area contributed by atoms with E-state index in [1.54, 1.807) is 0 Å². The van der Waals surface area contributed by atoms with Crippen molar-refractivity contribution in [3.05, 3.63) is 65.4 Å². The van der Waals surface area contributed by atoms with Crippen LogP contribution in [0.4, 0.5) is 0 Å². The Hall–Kier alpha value is -3.18. The molecule has 1 saturated heterocycles. The van der Waals surface area contributed by atoms with Crippen molar-refractivity contribution in [1.82, 2.24) is 19.8 Å². The fourth-order valence-electron chi connectivity index (χ4n) is 5.66. The van der Waals surface area contributed by atoms with Crippen LogP contribution in [0.5, 0.6) is 0 Å². The molecule has 4 aromatic rings. The number of fused-ring (bicyclic) bond motifs is 2. The standard InChI is InChI=1S/C30H36N4O/c1-19(2)28-25-17-22(21-10-13-34(14-11-21)27(35)18-33(4)5)8-9-26(25)32-30(28)24-15-20(3)29-23(16-24)7-6-12-31-29/h6-9,12,15-17,19,21,32H,10-11,13-14,18H2,1-5H3. The predicted octanol–water partition coefficient (Wildman–Crippen LogP) is 6.08. The number of hydrogen-bond donors (Lipinski definition) is 1. The largest absolute Gasteiger partial charge is 0.354 e. The zero-order valence-corrected chi connectivity index (χ0v) is 21.6. The van der Waals surface area contributed by atoms with Crippen LogP contribution in [-0.4, -0.2) is 59.4 Å². The molecule has 0 unspecified atom stereocenters. The van der Waals surface area contributed by atoms with Gasteiger partial charge in [-0.05, 0) is 98.3 Å². The summed E-state index contributed by atoms with van der Waals surface area (Å²) in [7, 11) is 3.90. The van der Waals surface area contributed by atoms with Crippen LogP contribution in [0.1, 0.15) is 55.2 Å². The molecule has 5 nitrogen and oxygen atoms in total. The third-order valence-corrected chi connectivity index (χ3v) is 7.39. The van der Waals surface area contributed by atoms with Gasteiger partial charge in [0.15, 0.2) is 0 Å². The third kappa shape index (κ3) is 4.57. The number of rotatable bonds is 5. The number of likely N-dealkylation sites (N-methyl/N-ethyl adjacent to an activating group) is 1. The van der Waals surface area contributed by atoms with Crippen LogP contribution in [0.25, 0.3) is 33.1 Å². The lowest BCUT2D eigenvalue weighted by Gasteiger charge is -2.33. The fraction of sp³-hybridized carbons (Fsp3) is 0.400. The second-order valence-corrected chi connectivity index (χ2v) is 10.6. The molecule has 182 valence electrons. The van der Waals surface area contributed by atoms with Gasteiger partial charge < -0.3 is 14.8 Å². The lowest BCUT2D eigenvalue weighted by molar-refractivity contribution is -0.132. The Balaban J connectivity index is 1.48. The van der Waals surface area contributed by atoms with Crippen LogP contribution < -0.4 is 0 Å². The van der Waals surface area contributed by atoms with E-state index < -0.39 is 0 Å². The molecule has 3 heterocycles. The number of pyridine rings is 1. The Morgan fingerprint density at radius 2 is 1.91 bits per heavy atom. The summed E-state index contributed by atoms with van der Waals surface area (Å²) >= 11 is 0. The van der Waals surface area contributed by atoms with Crippen molar-refractivity contribution >= 4 is 27.7 Å². The monoisotopic (exact) mass is 468 g/mol. The average molecular weight is 469 g/mol. The molecular weight excluding hydrogens is 432 g/mol. The molecule has 0 saturated carbocycles. The number of aromatic nitrogens is 2. The first-order valence-electron chi connectivity index (χ1n) is 12.8. The fourth-order valence-corrected chi connectivity index (χ4v) is 5.66. The summed E-state index contributed by atoms with van der Waals surface area (Å²) in [5.74, 6) is 1.13. The smallest absolute Gasteiger partial charge is 0.236 e. The highest BCUT2D eigenvalue weighted by Gasteiger charge is 2.25. The van der Waals surface area contributed by atoms with Crippen molar-refractivity contribution in [1.29, 1.82) is 0 Å². The van der Waals surface area contributed by atoms with Crippen LogP contribution in [0, 0.1) is 6.92 Å². The summed E-state index contributed by atoms with van der Waals surface area (Å²) in [6.45, 7) is 8.88. The van der Waals surface area contributed by atoms with Crippen LogP contribution in [0.3, 0.4) is 0 Å². The van der Waals surface area contributed by atoms with Crippen molar-refractivity contribution in [3.63, 3.8) is 0 Å². The maximum absolute atomic E-state index is 12.5. The second kappa shape index (κ2) is 9.46. The van der Waals surface area contributed by atoms with Gasteiger partial charge in [0.1, 0.15) is 0 Å². The van der Waals surface area contributed by atoms with E-state index in [4.69, 9.17) is 0 Å². The molecule has 0 atom stereocenters. The van der Waals surface area contributed by atoms with Crippen LogP contribution in [0.15, 0.2) is 48.7 Å². The lowest BCUT2D eigenvalue weighted by Crippen LogP contribution is -2.42. The molecule has 1 aliphatic heterocycles. The van der Waals surface area contributed by atoms with Crippen molar-refractivity contribution in [2.24, 2.45) is 0 Å². The van der Waals surface area contributed by atoms with Crippen molar-refractivity contribution < 1.29 is 4.79 Å². The summed E-state index contributed by atoms with van der Waals surface area (Å²) in [5, 5.41) is 2.50. The lowest BCUT2D eigenvalue weighted by atomic mass is 9.87. The van der Waals surface area contributed by atoms with Gasteiger partial charge in [-0.3, -0.25) is 9.78 Å². The number of aromatic amines is 1. The Morgan fingerprint density at radius 3 is 2.63 bits per heavy atom. The minimum atomic E-state index is 0.238. The molecule has 0 bridgehead atoms. The maximum atomic E-state index is 12.5. The van der Waals surface area contributed by atoms with Gasteiger partial charge >= 0.3 is 0 Å². The zero-order chi connectivity index (χ0) is 24.7. The first-order valence-corrected chi connectivity index (χ1v) is 12.8. The molecule has 1 amide bonds. The van der Waals surface area contributed by atoms with Gasteiger partial charge in [-0.15, -0.1) is 0 Å². The van der Waals surface area contributed by atoms with Crippen molar-refractivity contribution in [3.8, 4) is 11.3 Å². The maximum Gasteiger partial charge on any atom is 0.236 e. The number of aryl methyl sites for hydroxylation is 1. The minimum Gasteiger partial charge on any atom is -0.354 e. The van der Waals surface area contributed by atoms with Crippen LogP contribution in [-0.2, 0) is 4.79 Å². The van der Waals surface area contributed by atoms with E-state index >= 15 is 0 Å². The Morgan fingerprint density at radius 1 is 1.14 bits per heavy atom. The molecule has 2 aromatic heterocycles. The zero-order valence-electron chi connectivity index (χ0n) is 21.6. The number of benzene rings is 2. The highest BCUT2D eigenvalue weighted by atomic mass is 16.2. The van der Waals surface area contributed by atoms with Gasteiger partial charge in [-0.1, -0.05) is 26.0 Å². The number of piperidine rings is 1. The van der Waals surface area contributed by atoms with E-state index in [1.165, 1.54) is 44.2 Å². The molecular formula is C30H36N4O. The first kappa shape index (κ1) is 23.6. The van der Waals surface area contributed by atoms with Gasteiger partial charge in [-0.2, -0.15) is 0 Å². The highest BCUT2D eigenvalue weighted by molar-refractivity contribution is 5.94. The number of H-pyrrole nitrogens is 1. The number of amides is 1. The number of likely N-dealkylation sites (tertiary alicyclic amines) is 1. The Bertz CT molecular complexity index is 1380. The number of carbonyl (C=O) groups is 1. The minimum absolute atomic E-state index is 0.238. The van der Waals surface area contributed by atoms with Crippen LogP contribution >= 0.6 is 0 Å². The van der Waals surface area contributed by atoms with E-state index in [9.17, 15) is 4.79 Å². The van der Waals surface area contributed by atoms with E-state index in [0.29, 0.717) is 18.4 Å². The van der Waals surface area contributed by atoms with E-state index in [1.807, 2.05) is 36.2 Å². The third-order valence-electron chi connectivity index (χ3n) is 7.39. The quantitative estimate of drug-likeness (QED) is 0.386. The number of hydrogen-bond acceptors (Lipinski definition) is 3. The molecule has 0 spiro atoms. The van der Waals surface area contributed by atoms with E-state index in [0.717, 1.165) is 31.4 Å².